The first-order valence-corrected chi connectivity index (χ1v) is 9.14. The Labute approximate surface area is 153 Å². The first kappa shape index (κ1) is 16.1. The van der Waals surface area contributed by atoms with Gasteiger partial charge in [-0.25, -0.2) is 0 Å². The van der Waals surface area contributed by atoms with Crippen LogP contribution in [0.2, 0.25) is 0 Å². The van der Waals surface area contributed by atoms with E-state index in [0.29, 0.717) is 19.6 Å². The lowest BCUT2D eigenvalue weighted by Gasteiger charge is -2.36. The van der Waals surface area contributed by atoms with Crippen molar-refractivity contribution in [3.8, 4) is 5.75 Å². The van der Waals surface area contributed by atoms with E-state index in [0.717, 1.165) is 33.8 Å². The molecule has 3 aliphatic heterocycles. The van der Waals surface area contributed by atoms with Crippen LogP contribution in [-0.4, -0.2) is 40.3 Å². The van der Waals surface area contributed by atoms with Gasteiger partial charge in [0.25, 0.3) is 5.69 Å². The van der Waals surface area contributed by atoms with Gasteiger partial charge in [0.1, 0.15) is 11.4 Å². The average Bonchev–Trinajstić information content (AvgIpc) is 3.08. The standard InChI is InChI=1S/C21H24NO4/c1-19(2)12-21(24-7-8-25-21)11-15-14-9-13-5-6-20(3,4)26-17(13)10-16(14)22(23)18(15)19/h5-6,9-11,23H,7-8,12H2,1-4H3/q+1. The molecule has 0 radical (unpaired) electrons. The summed E-state index contributed by atoms with van der Waals surface area (Å²) >= 11 is 0. The topological polar surface area (TPSA) is 50.9 Å². The molecule has 1 spiro atoms. The molecule has 1 aliphatic carbocycles. The van der Waals surface area contributed by atoms with Crippen molar-refractivity contribution in [1.29, 1.82) is 0 Å². The van der Waals surface area contributed by atoms with Crippen LogP contribution < -0.4 is 4.74 Å². The lowest BCUT2D eigenvalue weighted by Crippen LogP contribution is -2.44. The van der Waals surface area contributed by atoms with Gasteiger partial charge in [0.05, 0.1) is 35.8 Å². The molecule has 1 saturated heterocycles. The molecule has 4 aliphatic rings. The molecule has 26 heavy (non-hydrogen) atoms. The van der Waals surface area contributed by atoms with Crippen LogP contribution >= 0.6 is 0 Å². The first-order valence-electron chi connectivity index (χ1n) is 9.14. The molecule has 0 aromatic heterocycles. The van der Waals surface area contributed by atoms with Crippen LogP contribution in [0.25, 0.3) is 11.6 Å². The van der Waals surface area contributed by atoms with E-state index >= 15 is 0 Å². The summed E-state index contributed by atoms with van der Waals surface area (Å²) in [5.41, 5.74) is 3.99. The van der Waals surface area contributed by atoms with Gasteiger partial charge in [-0.05, 0) is 45.9 Å². The van der Waals surface area contributed by atoms with Gasteiger partial charge < -0.3 is 14.2 Å². The highest BCUT2D eigenvalue weighted by atomic mass is 16.7. The van der Waals surface area contributed by atoms with Crippen molar-refractivity contribution in [2.75, 3.05) is 13.2 Å². The number of rotatable bonds is 0. The van der Waals surface area contributed by atoms with Gasteiger partial charge in [-0.15, -0.1) is 0 Å². The highest BCUT2D eigenvalue weighted by molar-refractivity contribution is 6.28. The van der Waals surface area contributed by atoms with Crippen LogP contribution in [0.5, 0.6) is 5.75 Å². The Morgan fingerprint density at radius 3 is 2.54 bits per heavy atom. The second-order valence-corrected chi connectivity index (χ2v) is 8.73. The van der Waals surface area contributed by atoms with E-state index in [9.17, 15) is 5.21 Å². The number of nitrogens with zero attached hydrogens (tertiary/aromatic N) is 1. The van der Waals surface area contributed by atoms with Crippen LogP contribution in [0.15, 0.2) is 24.3 Å². The quantitative estimate of drug-likeness (QED) is 0.567. The van der Waals surface area contributed by atoms with E-state index < -0.39 is 5.79 Å². The summed E-state index contributed by atoms with van der Waals surface area (Å²) in [6.07, 6.45) is 6.86. The maximum absolute atomic E-state index is 11.0. The monoisotopic (exact) mass is 354 g/mol. The number of ether oxygens (including phenoxy) is 3. The Balaban J connectivity index is 1.72. The Hall–Kier alpha value is -2.11. The summed E-state index contributed by atoms with van der Waals surface area (Å²) in [6, 6.07) is 4.02. The summed E-state index contributed by atoms with van der Waals surface area (Å²) in [5.74, 6) is 0.0886. The van der Waals surface area contributed by atoms with Crippen molar-refractivity contribution in [1.82, 2.24) is 0 Å². The molecule has 5 nitrogen and oxygen atoms in total. The molecule has 1 aromatic rings. The van der Waals surface area contributed by atoms with E-state index in [4.69, 9.17) is 14.2 Å². The van der Waals surface area contributed by atoms with E-state index in [-0.39, 0.29) is 11.0 Å². The number of fused-ring (bicyclic) bond motifs is 4. The summed E-state index contributed by atoms with van der Waals surface area (Å²) in [4.78, 5) is 0. The zero-order valence-corrected chi connectivity index (χ0v) is 15.6. The molecule has 1 fully saturated rings. The van der Waals surface area contributed by atoms with Gasteiger partial charge in [-0.1, -0.05) is 6.08 Å². The maximum Gasteiger partial charge on any atom is 0.269 e. The molecule has 0 saturated carbocycles. The van der Waals surface area contributed by atoms with Gasteiger partial charge in [0.15, 0.2) is 5.79 Å². The van der Waals surface area contributed by atoms with E-state index in [2.05, 4.69) is 32.1 Å². The molecule has 3 heterocycles. The lowest BCUT2D eigenvalue weighted by atomic mass is 9.72. The largest absolute Gasteiger partial charge is 0.483 e. The summed E-state index contributed by atoms with van der Waals surface area (Å²) < 4.78 is 19.3. The molecule has 0 bridgehead atoms. The number of benzene rings is 1. The van der Waals surface area contributed by atoms with Crippen LogP contribution in [0.1, 0.15) is 45.2 Å². The Bertz CT molecular complexity index is 914. The third-order valence-electron chi connectivity index (χ3n) is 5.62. The highest BCUT2D eigenvalue weighted by Gasteiger charge is 2.55. The molecule has 0 atom stereocenters. The predicted molar refractivity (Wildman–Crippen MR) is 97.9 cm³/mol. The Kier molecular flexibility index (Phi) is 2.96. The third kappa shape index (κ3) is 2.14. The minimum Gasteiger partial charge on any atom is -0.483 e. The summed E-state index contributed by atoms with van der Waals surface area (Å²) in [5, 5.41) is 11.0. The summed E-state index contributed by atoms with van der Waals surface area (Å²) in [6.45, 7) is 9.49. The molecule has 5 rings (SSSR count). The average molecular weight is 354 g/mol. The third-order valence-corrected chi connectivity index (χ3v) is 5.62. The van der Waals surface area contributed by atoms with Gasteiger partial charge in [0.2, 0.25) is 5.71 Å². The number of allylic oxidation sites excluding steroid dienone is 1. The van der Waals surface area contributed by atoms with Crippen molar-refractivity contribution >= 4 is 23.0 Å². The molecule has 1 aromatic carbocycles. The van der Waals surface area contributed by atoms with Gasteiger partial charge in [-0.3, -0.25) is 5.21 Å². The second kappa shape index (κ2) is 4.78. The zero-order chi connectivity index (χ0) is 18.3. The van der Waals surface area contributed by atoms with Gasteiger partial charge >= 0.3 is 0 Å². The number of hydrogen-bond acceptors (Lipinski definition) is 4. The van der Waals surface area contributed by atoms with Gasteiger partial charge in [0, 0.05) is 16.7 Å². The van der Waals surface area contributed by atoms with Crippen LogP contribution in [0.4, 0.5) is 5.69 Å². The molecular formula is C21H24NO4+. The summed E-state index contributed by atoms with van der Waals surface area (Å²) in [7, 11) is 0. The van der Waals surface area contributed by atoms with Crippen LogP contribution in [0, 0.1) is 5.41 Å². The van der Waals surface area contributed by atoms with Crippen LogP contribution in [0.3, 0.4) is 0 Å². The van der Waals surface area contributed by atoms with Gasteiger partial charge in [-0.2, -0.15) is 0 Å². The van der Waals surface area contributed by atoms with Crippen molar-refractivity contribution < 1.29 is 24.2 Å². The highest BCUT2D eigenvalue weighted by Crippen LogP contribution is 2.51. The molecule has 0 unspecified atom stereocenters. The van der Waals surface area contributed by atoms with E-state index in [1.165, 1.54) is 4.74 Å². The Morgan fingerprint density at radius 2 is 1.81 bits per heavy atom. The molecule has 0 amide bonds. The van der Waals surface area contributed by atoms with Crippen LogP contribution in [-0.2, 0) is 9.47 Å². The predicted octanol–water partition coefficient (Wildman–Crippen LogP) is 3.92. The SMILES string of the molecule is CC1(C)C=Cc2cc3c(cc2O1)[N+](O)=C1C3=CC2(CC1(C)C)OCCO2. The lowest BCUT2D eigenvalue weighted by molar-refractivity contribution is -0.712. The zero-order valence-electron chi connectivity index (χ0n) is 15.6. The fraction of sp³-hybridized carbons (Fsp3) is 0.476. The minimum atomic E-state index is -0.699. The Morgan fingerprint density at radius 1 is 1.08 bits per heavy atom. The maximum atomic E-state index is 11.0. The first-order chi connectivity index (χ1) is 12.2. The van der Waals surface area contributed by atoms with E-state index in [1.54, 1.807) is 0 Å². The fourth-order valence-corrected chi connectivity index (χ4v) is 4.59. The molecule has 5 heteroatoms. The molecular weight excluding hydrogens is 330 g/mol. The number of hydrogen-bond donors (Lipinski definition) is 1. The minimum absolute atomic E-state index is 0.293. The molecule has 1 N–H and O–H groups in total. The smallest absolute Gasteiger partial charge is 0.269 e. The van der Waals surface area contributed by atoms with Crippen molar-refractivity contribution in [2.24, 2.45) is 5.41 Å². The second-order valence-electron chi connectivity index (χ2n) is 8.73. The van der Waals surface area contributed by atoms with E-state index in [1.807, 2.05) is 26.0 Å². The van der Waals surface area contributed by atoms with Crippen molar-refractivity contribution in [3.63, 3.8) is 0 Å². The van der Waals surface area contributed by atoms with Crippen molar-refractivity contribution in [2.45, 2.75) is 45.5 Å². The molecule has 136 valence electrons. The normalized spacial score (nSPS) is 26.2. The fourth-order valence-electron chi connectivity index (χ4n) is 4.59. The van der Waals surface area contributed by atoms with Crippen molar-refractivity contribution in [3.05, 3.63) is 35.4 Å².